The molecule has 0 saturated carbocycles. The highest BCUT2D eigenvalue weighted by molar-refractivity contribution is 5.96. The average Bonchev–Trinajstić information content (AvgIpc) is 2.58. The first-order chi connectivity index (χ1) is 11.9. The van der Waals surface area contributed by atoms with Gasteiger partial charge in [-0.3, -0.25) is 14.9 Å². The van der Waals surface area contributed by atoms with Gasteiger partial charge in [-0.15, -0.1) is 0 Å². The number of nitro groups is 1. The van der Waals surface area contributed by atoms with E-state index in [1.807, 2.05) is 13.8 Å². The zero-order valence-electron chi connectivity index (χ0n) is 14.1. The number of nitrogens with one attached hydrogen (secondary N) is 1. The Labute approximate surface area is 144 Å². The third kappa shape index (κ3) is 4.82. The molecule has 1 aromatic carbocycles. The van der Waals surface area contributed by atoms with Crippen LogP contribution in [0.4, 0.5) is 5.69 Å². The van der Waals surface area contributed by atoms with Crippen LogP contribution in [-0.4, -0.2) is 42.7 Å². The Morgan fingerprint density at radius 1 is 1.32 bits per heavy atom. The van der Waals surface area contributed by atoms with E-state index in [4.69, 9.17) is 14.2 Å². The topological polar surface area (TPSA) is 117 Å². The van der Waals surface area contributed by atoms with Crippen molar-refractivity contribution in [1.82, 2.24) is 5.32 Å². The Morgan fingerprint density at radius 3 is 2.56 bits per heavy atom. The van der Waals surface area contributed by atoms with E-state index in [0.29, 0.717) is 0 Å². The van der Waals surface area contributed by atoms with E-state index in [-0.39, 0.29) is 36.3 Å². The molecule has 1 atom stereocenters. The minimum Gasteiger partial charge on any atom is -0.486 e. The summed E-state index contributed by atoms with van der Waals surface area (Å²) in [5.41, 5.74) is -0.752. The van der Waals surface area contributed by atoms with Gasteiger partial charge in [0.2, 0.25) is 0 Å². The van der Waals surface area contributed by atoms with Crippen molar-refractivity contribution < 1.29 is 28.7 Å². The van der Waals surface area contributed by atoms with Crippen LogP contribution in [0.15, 0.2) is 12.1 Å². The summed E-state index contributed by atoms with van der Waals surface area (Å²) in [4.78, 5) is 34.4. The van der Waals surface area contributed by atoms with Crippen LogP contribution in [0.5, 0.6) is 11.5 Å². The molecule has 1 heterocycles. The Hall–Kier alpha value is -2.84. The minimum atomic E-state index is -0.970. The number of rotatable bonds is 7. The maximum Gasteiger partial charge on any atom is 0.345 e. The Balaban J connectivity index is 2.08. The third-order valence-electron chi connectivity index (χ3n) is 3.54. The van der Waals surface area contributed by atoms with E-state index in [0.717, 1.165) is 18.9 Å². The molecule has 136 valence electrons. The highest BCUT2D eigenvalue weighted by Crippen LogP contribution is 2.36. The molecule has 9 nitrogen and oxygen atoms in total. The predicted octanol–water partition coefficient (Wildman–Crippen LogP) is 1.83. The lowest BCUT2D eigenvalue weighted by atomic mass is 10.1. The van der Waals surface area contributed by atoms with Gasteiger partial charge in [-0.2, -0.15) is 0 Å². The molecule has 0 aliphatic carbocycles. The van der Waals surface area contributed by atoms with Gasteiger partial charge in [0, 0.05) is 12.1 Å². The van der Waals surface area contributed by atoms with Crippen LogP contribution >= 0.6 is 0 Å². The normalized spacial score (nSPS) is 13.7. The maximum absolute atomic E-state index is 12.2. The molecule has 1 amide bonds. The molecular weight excluding hydrogens is 332 g/mol. The number of carbonyl (C=O) groups is 2. The number of carbonyl (C=O) groups excluding carboxylic acids is 2. The number of hydrogen-bond donors (Lipinski definition) is 1. The lowest BCUT2D eigenvalue weighted by Crippen LogP contribution is -2.35. The summed E-state index contributed by atoms with van der Waals surface area (Å²) in [5.74, 6) is -1.01. The lowest BCUT2D eigenvalue weighted by Gasteiger charge is -2.18. The first-order valence-corrected chi connectivity index (χ1v) is 7.97. The minimum absolute atomic E-state index is 0.0418. The Bertz CT molecular complexity index is 675. The van der Waals surface area contributed by atoms with E-state index in [1.165, 1.54) is 6.07 Å². The molecule has 25 heavy (non-hydrogen) atoms. The van der Waals surface area contributed by atoms with Crippen LogP contribution in [0, 0.1) is 10.1 Å². The molecule has 0 radical (unpaired) electrons. The molecule has 1 N–H and O–H groups in total. The number of esters is 1. The molecule has 0 unspecified atom stereocenters. The predicted molar refractivity (Wildman–Crippen MR) is 86.9 cm³/mol. The standard InChI is InChI=1S/C16H20N2O7/c1-3-4-10(2)17-15(19)9-25-16(20)11-7-13-14(24-6-5-23-13)8-12(11)18(21)22/h7-8,10H,3-6,9H2,1-2H3,(H,17,19)/t10-/m0/s1. The Morgan fingerprint density at radius 2 is 1.96 bits per heavy atom. The van der Waals surface area contributed by atoms with Crippen LogP contribution in [0.2, 0.25) is 0 Å². The summed E-state index contributed by atoms with van der Waals surface area (Å²) in [6.07, 6.45) is 1.71. The summed E-state index contributed by atoms with van der Waals surface area (Å²) in [5, 5.41) is 13.9. The molecule has 1 aromatic rings. The van der Waals surface area contributed by atoms with Crippen LogP contribution in [-0.2, 0) is 9.53 Å². The van der Waals surface area contributed by atoms with Gasteiger partial charge in [0.25, 0.3) is 11.6 Å². The molecule has 2 rings (SSSR count). The second-order valence-corrected chi connectivity index (χ2v) is 5.60. The highest BCUT2D eigenvalue weighted by Gasteiger charge is 2.27. The van der Waals surface area contributed by atoms with Crippen LogP contribution in [0.25, 0.3) is 0 Å². The number of nitro benzene ring substituents is 1. The summed E-state index contributed by atoms with van der Waals surface area (Å²) < 4.78 is 15.5. The van der Waals surface area contributed by atoms with E-state index in [9.17, 15) is 19.7 Å². The smallest absolute Gasteiger partial charge is 0.345 e. The van der Waals surface area contributed by atoms with Crippen molar-refractivity contribution in [2.24, 2.45) is 0 Å². The molecule has 0 bridgehead atoms. The summed E-state index contributed by atoms with van der Waals surface area (Å²) in [7, 11) is 0. The van der Waals surface area contributed by atoms with Crippen molar-refractivity contribution in [1.29, 1.82) is 0 Å². The van der Waals surface area contributed by atoms with Crippen LogP contribution in [0.3, 0.4) is 0 Å². The molecule has 0 fully saturated rings. The average molecular weight is 352 g/mol. The van der Waals surface area contributed by atoms with Gasteiger partial charge in [-0.1, -0.05) is 13.3 Å². The molecular formula is C16H20N2O7. The fourth-order valence-corrected chi connectivity index (χ4v) is 2.42. The van der Waals surface area contributed by atoms with Crippen LogP contribution in [0.1, 0.15) is 37.0 Å². The van der Waals surface area contributed by atoms with Gasteiger partial charge in [0.05, 0.1) is 11.0 Å². The fraction of sp³-hybridized carbons (Fsp3) is 0.500. The van der Waals surface area contributed by atoms with E-state index in [1.54, 1.807) is 0 Å². The second kappa shape index (κ2) is 8.32. The third-order valence-corrected chi connectivity index (χ3v) is 3.54. The van der Waals surface area contributed by atoms with Gasteiger partial charge in [0.1, 0.15) is 18.8 Å². The summed E-state index contributed by atoms with van der Waals surface area (Å²) in [6, 6.07) is 2.28. The van der Waals surface area contributed by atoms with Crippen molar-refractivity contribution >= 4 is 17.6 Å². The number of fused-ring (bicyclic) bond motifs is 1. The molecule has 1 aliphatic rings. The van der Waals surface area contributed by atoms with Crippen molar-refractivity contribution in [3.05, 3.63) is 27.8 Å². The van der Waals surface area contributed by atoms with Gasteiger partial charge < -0.3 is 19.5 Å². The monoisotopic (exact) mass is 352 g/mol. The number of benzene rings is 1. The van der Waals surface area contributed by atoms with Gasteiger partial charge in [0.15, 0.2) is 18.1 Å². The highest BCUT2D eigenvalue weighted by atomic mass is 16.6. The van der Waals surface area contributed by atoms with Crippen molar-refractivity contribution in [3.8, 4) is 11.5 Å². The van der Waals surface area contributed by atoms with Gasteiger partial charge in [-0.25, -0.2) is 4.79 Å². The molecule has 0 aromatic heterocycles. The molecule has 1 aliphatic heterocycles. The SMILES string of the molecule is CCC[C@H](C)NC(=O)COC(=O)c1cc2c(cc1[N+](=O)[O-])OCCO2. The van der Waals surface area contributed by atoms with Crippen molar-refractivity contribution in [2.45, 2.75) is 32.7 Å². The number of nitrogens with zero attached hydrogens (tertiary/aromatic N) is 1. The van der Waals surface area contributed by atoms with Crippen molar-refractivity contribution in [3.63, 3.8) is 0 Å². The van der Waals surface area contributed by atoms with E-state index >= 15 is 0 Å². The first-order valence-electron chi connectivity index (χ1n) is 7.97. The number of ether oxygens (including phenoxy) is 3. The van der Waals surface area contributed by atoms with Gasteiger partial charge >= 0.3 is 5.97 Å². The number of hydrogen-bond acceptors (Lipinski definition) is 7. The van der Waals surface area contributed by atoms with Crippen molar-refractivity contribution in [2.75, 3.05) is 19.8 Å². The summed E-state index contributed by atoms with van der Waals surface area (Å²) >= 11 is 0. The zero-order chi connectivity index (χ0) is 18.4. The molecule has 0 spiro atoms. The fourth-order valence-electron chi connectivity index (χ4n) is 2.42. The quantitative estimate of drug-likeness (QED) is 0.452. The second-order valence-electron chi connectivity index (χ2n) is 5.60. The molecule has 0 saturated heterocycles. The Kier molecular flexibility index (Phi) is 6.15. The first kappa shape index (κ1) is 18.5. The van der Waals surface area contributed by atoms with E-state index in [2.05, 4.69) is 5.32 Å². The van der Waals surface area contributed by atoms with Gasteiger partial charge in [-0.05, 0) is 13.3 Å². The zero-order valence-corrected chi connectivity index (χ0v) is 14.1. The lowest BCUT2D eigenvalue weighted by molar-refractivity contribution is -0.385. The summed E-state index contributed by atoms with van der Waals surface area (Å²) in [6.45, 7) is 3.86. The van der Waals surface area contributed by atoms with E-state index < -0.39 is 29.1 Å². The number of amides is 1. The molecule has 9 heteroatoms. The van der Waals surface area contributed by atoms with Crippen LogP contribution < -0.4 is 14.8 Å². The maximum atomic E-state index is 12.2. The largest absolute Gasteiger partial charge is 0.486 e.